The monoisotopic (exact) mass is 579 g/mol. The zero-order valence-corrected chi connectivity index (χ0v) is 21.1. The first-order chi connectivity index (χ1) is 19.5. The molecule has 3 aromatic rings. The van der Waals surface area contributed by atoms with Crippen molar-refractivity contribution in [1.82, 2.24) is 9.97 Å². The van der Waals surface area contributed by atoms with E-state index in [4.69, 9.17) is 34.8 Å². The molecule has 3 aliphatic heterocycles. The Kier molecular flexibility index (Phi) is 7.48. The Morgan fingerprint density at radius 2 is 1.78 bits per heavy atom. The first-order valence-electron chi connectivity index (χ1n) is 12.2. The second-order valence-electron chi connectivity index (χ2n) is 9.16. The average molecular weight is 579 g/mol. The highest BCUT2D eigenvalue weighted by Crippen LogP contribution is 2.52. The molecule has 1 saturated heterocycles. The predicted octanol–water partition coefficient (Wildman–Crippen LogP) is 3.63. The number of anilines is 1. The molecule has 216 valence electrons. The number of rotatable bonds is 2. The number of hydrogen-bond donors (Lipinski definition) is 2. The molecule has 2 aromatic heterocycles. The maximum Gasteiger partial charge on any atom is 0.490 e. The number of halogens is 5. The molecule has 15 heteroatoms. The van der Waals surface area contributed by atoms with Gasteiger partial charge in [-0.15, -0.1) is 0 Å². The number of carboxylic acids is 1. The van der Waals surface area contributed by atoms with Crippen LogP contribution in [0.3, 0.4) is 0 Å². The van der Waals surface area contributed by atoms with Crippen molar-refractivity contribution in [2.45, 2.75) is 11.7 Å². The third-order valence-electron chi connectivity index (χ3n) is 6.54. The molecule has 0 aliphatic carbocycles. The summed E-state index contributed by atoms with van der Waals surface area (Å²) in [6.07, 6.45) is -3.69. The molecule has 0 amide bonds. The van der Waals surface area contributed by atoms with Gasteiger partial charge in [0, 0.05) is 36.0 Å². The molecule has 6 rings (SSSR count). The molecule has 1 aromatic carbocycles. The third-order valence-corrected chi connectivity index (χ3v) is 6.54. The van der Waals surface area contributed by atoms with Crippen molar-refractivity contribution in [2.75, 3.05) is 44.4 Å². The highest BCUT2D eigenvalue weighted by Gasteiger charge is 2.47. The minimum Gasteiger partial charge on any atom is -0.475 e. The molecular weight excluding hydrogens is 557 g/mol. The maximum absolute atomic E-state index is 15.3. The van der Waals surface area contributed by atoms with Crippen molar-refractivity contribution in [3.05, 3.63) is 65.6 Å². The molecule has 41 heavy (non-hydrogen) atoms. The van der Waals surface area contributed by atoms with Crippen LogP contribution in [0.15, 0.2) is 47.6 Å². The largest absolute Gasteiger partial charge is 0.490 e. The van der Waals surface area contributed by atoms with Gasteiger partial charge in [-0.1, -0.05) is 6.07 Å². The average Bonchev–Trinajstić information content (AvgIpc) is 2.94. The van der Waals surface area contributed by atoms with E-state index in [-0.39, 0.29) is 24.8 Å². The molecule has 1 fully saturated rings. The Labute approximate surface area is 229 Å². The van der Waals surface area contributed by atoms with Crippen LogP contribution in [0.5, 0.6) is 11.5 Å². The van der Waals surface area contributed by atoms with Crippen LogP contribution < -0.4 is 15.4 Å². The Bertz CT molecular complexity index is 1510. The number of aromatic nitrogens is 2. The molecule has 1 spiro atoms. The summed E-state index contributed by atoms with van der Waals surface area (Å²) in [4.78, 5) is 23.5. The minimum absolute atomic E-state index is 0.0214. The van der Waals surface area contributed by atoms with Crippen molar-refractivity contribution in [3.8, 4) is 22.6 Å². The van der Waals surface area contributed by atoms with Crippen LogP contribution in [-0.2, 0) is 19.8 Å². The number of fused-ring (bicyclic) bond motifs is 4. The Balaban J connectivity index is 0.000000431. The van der Waals surface area contributed by atoms with Crippen LogP contribution in [0.2, 0.25) is 0 Å². The van der Waals surface area contributed by atoms with Gasteiger partial charge in [0.25, 0.3) is 5.95 Å². The van der Waals surface area contributed by atoms with E-state index in [0.29, 0.717) is 60.1 Å². The summed E-state index contributed by atoms with van der Waals surface area (Å²) in [6, 6.07) is 10.2. The molecule has 3 aliphatic rings. The first-order valence-corrected chi connectivity index (χ1v) is 12.2. The normalized spacial score (nSPS) is 19.7. The van der Waals surface area contributed by atoms with Crippen LogP contribution in [0, 0.1) is 11.9 Å². The summed E-state index contributed by atoms with van der Waals surface area (Å²) in [6.45, 7) is 2.50. The van der Waals surface area contributed by atoms with E-state index in [1.54, 1.807) is 36.4 Å². The van der Waals surface area contributed by atoms with Crippen molar-refractivity contribution in [1.29, 1.82) is 0 Å². The Morgan fingerprint density at radius 3 is 2.44 bits per heavy atom. The summed E-state index contributed by atoms with van der Waals surface area (Å²) in [5.41, 5.74) is 6.92. The van der Waals surface area contributed by atoms with E-state index in [0.717, 1.165) is 0 Å². The van der Waals surface area contributed by atoms with Crippen molar-refractivity contribution < 1.29 is 46.1 Å². The molecule has 3 N–H and O–H groups in total. The quantitative estimate of drug-likeness (QED) is 0.345. The molecule has 0 unspecified atom stereocenters. The number of benzene rings is 1. The number of amidine groups is 1. The molecule has 10 nitrogen and oxygen atoms in total. The summed E-state index contributed by atoms with van der Waals surface area (Å²) >= 11 is 0. The lowest BCUT2D eigenvalue weighted by atomic mass is 9.80. The number of aliphatic imine (C=N–C) groups is 1. The molecule has 5 heterocycles. The number of carboxylic acid groups (broad SMARTS) is 1. The zero-order valence-electron chi connectivity index (χ0n) is 21.1. The van der Waals surface area contributed by atoms with Gasteiger partial charge in [-0.2, -0.15) is 26.9 Å². The van der Waals surface area contributed by atoms with E-state index < -0.39 is 29.6 Å². The smallest absolute Gasteiger partial charge is 0.475 e. The molecule has 1 atom stereocenters. The van der Waals surface area contributed by atoms with E-state index in [9.17, 15) is 17.6 Å². The number of aliphatic carboxylic acids is 1. The standard InChI is InChI=1S/C24H21F2N5O3.C2HF3O2/c25-22-15(2-1-5-28-22)14-3-4-18-16(10-14)24(13-33-12-19(27)30-24)17-11-20(29-23(26)21(17)34-18)31-6-8-32-9-7-31;3-2(4,5)1(6)7/h1-5,10-11H,6-9,12-13H2,(H2,27,30);(H,6,7)/t24-;/m0./s1. The van der Waals surface area contributed by atoms with Gasteiger partial charge in [0.15, 0.2) is 5.75 Å². The lowest BCUT2D eigenvalue weighted by Crippen LogP contribution is -2.43. The van der Waals surface area contributed by atoms with Gasteiger partial charge in [0.1, 0.15) is 29.5 Å². The van der Waals surface area contributed by atoms with Crippen LogP contribution in [-0.4, -0.2) is 72.6 Å². The minimum atomic E-state index is -5.08. The number of pyridine rings is 2. The summed E-state index contributed by atoms with van der Waals surface area (Å²) in [5, 5.41) is 7.12. The topological polar surface area (TPSA) is 132 Å². The number of morpholine rings is 1. The molecule has 0 radical (unpaired) electrons. The van der Waals surface area contributed by atoms with Gasteiger partial charge in [-0.25, -0.2) is 9.78 Å². The summed E-state index contributed by atoms with van der Waals surface area (Å²) in [5.74, 6) is -3.01. The van der Waals surface area contributed by atoms with Gasteiger partial charge in [0.05, 0.1) is 19.8 Å². The second kappa shape index (κ2) is 10.9. The lowest BCUT2D eigenvalue weighted by molar-refractivity contribution is -0.192. The van der Waals surface area contributed by atoms with Crippen molar-refractivity contribution in [2.24, 2.45) is 10.7 Å². The van der Waals surface area contributed by atoms with E-state index in [1.165, 1.54) is 6.20 Å². The highest BCUT2D eigenvalue weighted by molar-refractivity contribution is 5.84. The predicted molar refractivity (Wildman–Crippen MR) is 134 cm³/mol. The fraction of sp³-hybridized carbons (Fsp3) is 0.308. The second-order valence-corrected chi connectivity index (χ2v) is 9.16. The van der Waals surface area contributed by atoms with Crippen LogP contribution >= 0.6 is 0 Å². The van der Waals surface area contributed by atoms with Crippen molar-refractivity contribution >= 4 is 17.6 Å². The number of nitrogens with two attached hydrogens (primary N) is 1. The third kappa shape index (κ3) is 5.50. The van der Waals surface area contributed by atoms with Crippen molar-refractivity contribution in [3.63, 3.8) is 0 Å². The summed E-state index contributed by atoms with van der Waals surface area (Å²) in [7, 11) is 0. The Morgan fingerprint density at radius 1 is 1.05 bits per heavy atom. The van der Waals surface area contributed by atoms with E-state index >= 15 is 4.39 Å². The van der Waals surface area contributed by atoms with Crippen LogP contribution in [0.4, 0.5) is 27.8 Å². The van der Waals surface area contributed by atoms with Crippen LogP contribution in [0.1, 0.15) is 11.1 Å². The number of nitrogens with zero attached hydrogens (tertiary/aromatic N) is 4. The van der Waals surface area contributed by atoms with Gasteiger partial charge in [-0.05, 0) is 35.9 Å². The summed E-state index contributed by atoms with van der Waals surface area (Å²) < 4.78 is 78.7. The number of hydrogen-bond acceptors (Lipinski definition) is 9. The molecule has 0 saturated carbocycles. The highest BCUT2D eigenvalue weighted by atomic mass is 19.4. The van der Waals surface area contributed by atoms with Gasteiger partial charge < -0.3 is 30.0 Å². The number of ether oxygens (including phenoxy) is 3. The maximum atomic E-state index is 15.3. The SMILES string of the molecule is NC1=N[C@@]2(COC1)c1cc(-c3cccnc3F)ccc1Oc1c2cc(N2CCOCC2)nc1F.O=C(O)C(F)(F)F. The molecule has 0 bridgehead atoms. The van der Waals surface area contributed by atoms with Gasteiger partial charge in [-0.3, -0.25) is 4.99 Å². The first kappa shape index (κ1) is 28.2. The van der Waals surface area contributed by atoms with E-state index in [1.807, 2.05) is 4.90 Å². The fourth-order valence-corrected chi connectivity index (χ4v) is 4.70. The fourth-order valence-electron chi connectivity index (χ4n) is 4.70. The zero-order chi connectivity index (χ0) is 29.4. The lowest BCUT2D eigenvalue weighted by Gasteiger charge is -2.40. The van der Waals surface area contributed by atoms with Gasteiger partial charge >= 0.3 is 12.1 Å². The van der Waals surface area contributed by atoms with E-state index in [2.05, 4.69) is 9.97 Å². The Hall–Kier alpha value is -4.37. The van der Waals surface area contributed by atoms with Crippen LogP contribution in [0.25, 0.3) is 11.1 Å². The number of carbonyl (C=O) groups is 1. The van der Waals surface area contributed by atoms with Gasteiger partial charge in [0.2, 0.25) is 5.95 Å². The number of alkyl halides is 3. The molecular formula is C26H22F5N5O5.